The number of alkyl halides is 3. The Morgan fingerprint density at radius 1 is 1.39 bits per heavy atom. The molecule has 0 radical (unpaired) electrons. The van der Waals surface area contributed by atoms with Crippen LogP contribution < -0.4 is 5.73 Å². The highest BCUT2D eigenvalue weighted by atomic mass is 19.4. The van der Waals surface area contributed by atoms with Crippen LogP contribution in [0.5, 0.6) is 0 Å². The SMILES string of the molecule is CN(C)C=Nc1cc(N)cc(C(F)(F)F)c1C#N. The van der Waals surface area contributed by atoms with Crippen molar-refractivity contribution in [2.75, 3.05) is 19.8 Å². The minimum absolute atomic E-state index is 0.0905. The van der Waals surface area contributed by atoms with Gasteiger partial charge in [0.2, 0.25) is 0 Å². The Labute approximate surface area is 102 Å². The molecule has 18 heavy (non-hydrogen) atoms. The van der Waals surface area contributed by atoms with Crippen LogP contribution in [0.15, 0.2) is 17.1 Å². The van der Waals surface area contributed by atoms with Gasteiger partial charge in [-0.1, -0.05) is 0 Å². The Kier molecular flexibility index (Phi) is 3.81. The van der Waals surface area contributed by atoms with E-state index in [2.05, 4.69) is 4.99 Å². The van der Waals surface area contributed by atoms with E-state index in [9.17, 15) is 13.2 Å². The minimum atomic E-state index is -4.64. The predicted molar refractivity (Wildman–Crippen MR) is 62.4 cm³/mol. The molecule has 0 atom stereocenters. The largest absolute Gasteiger partial charge is 0.417 e. The summed E-state index contributed by atoms with van der Waals surface area (Å²) in [5, 5.41) is 8.84. The monoisotopic (exact) mass is 256 g/mol. The van der Waals surface area contributed by atoms with E-state index in [1.807, 2.05) is 0 Å². The zero-order valence-corrected chi connectivity index (χ0v) is 9.78. The molecule has 1 aromatic carbocycles. The number of aliphatic imine (C=N–C) groups is 1. The summed E-state index contributed by atoms with van der Waals surface area (Å²) in [6.07, 6.45) is -3.33. The lowest BCUT2D eigenvalue weighted by Crippen LogP contribution is -2.10. The Morgan fingerprint density at radius 2 is 2.00 bits per heavy atom. The molecule has 7 heteroatoms. The molecule has 2 N–H and O–H groups in total. The van der Waals surface area contributed by atoms with Crippen molar-refractivity contribution in [3.8, 4) is 6.07 Å². The van der Waals surface area contributed by atoms with Crippen molar-refractivity contribution in [3.05, 3.63) is 23.3 Å². The van der Waals surface area contributed by atoms with Crippen molar-refractivity contribution >= 4 is 17.7 Å². The van der Waals surface area contributed by atoms with E-state index in [1.54, 1.807) is 14.1 Å². The van der Waals surface area contributed by atoms with Gasteiger partial charge in [0.25, 0.3) is 0 Å². The summed E-state index contributed by atoms with van der Waals surface area (Å²) in [4.78, 5) is 5.35. The average molecular weight is 256 g/mol. The number of anilines is 1. The third kappa shape index (κ3) is 3.13. The van der Waals surface area contributed by atoms with Gasteiger partial charge in [-0.25, -0.2) is 4.99 Å². The number of nitriles is 1. The van der Waals surface area contributed by atoms with Crippen LogP contribution in [-0.4, -0.2) is 25.3 Å². The molecule has 1 rings (SSSR count). The van der Waals surface area contributed by atoms with Crippen LogP contribution in [0.1, 0.15) is 11.1 Å². The zero-order valence-electron chi connectivity index (χ0n) is 9.78. The Bertz CT molecular complexity index is 512. The van der Waals surface area contributed by atoms with Crippen molar-refractivity contribution in [2.45, 2.75) is 6.18 Å². The maximum absolute atomic E-state index is 12.7. The van der Waals surface area contributed by atoms with Crippen molar-refractivity contribution in [1.82, 2.24) is 4.90 Å². The summed E-state index contributed by atoms with van der Waals surface area (Å²) in [6.45, 7) is 0. The number of nitrogens with two attached hydrogens (primary N) is 1. The van der Waals surface area contributed by atoms with Gasteiger partial charge in [0, 0.05) is 19.8 Å². The second-order valence-electron chi connectivity index (χ2n) is 3.78. The molecule has 0 aromatic heterocycles. The highest BCUT2D eigenvalue weighted by Crippen LogP contribution is 2.37. The Morgan fingerprint density at radius 3 is 2.44 bits per heavy atom. The summed E-state index contributed by atoms with van der Waals surface area (Å²) in [6, 6.07) is 3.47. The van der Waals surface area contributed by atoms with Gasteiger partial charge in [0.05, 0.1) is 23.2 Å². The maximum Gasteiger partial charge on any atom is 0.417 e. The van der Waals surface area contributed by atoms with Crippen LogP contribution in [0.3, 0.4) is 0 Å². The van der Waals surface area contributed by atoms with E-state index in [1.165, 1.54) is 23.4 Å². The van der Waals surface area contributed by atoms with E-state index in [4.69, 9.17) is 11.0 Å². The third-order valence-corrected chi connectivity index (χ3v) is 1.98. The molecule has 96 valence electrons. The van der Waals surface area contributed by atoms with E-state index in [0.29, 0.717) is 0 Å². The van der Waals surface area contributed by atoms with E-state index in [0.717, 1.165) is 6.07 Å². The van der Waals surface area contributed by atoms with Crippen LogP contribution in [0.25, 0.3) is 0 Å². The smallest absolute Gasteiger partial charge is 0.399 e. The summed E-state index contributed by atoms with van der Waals surface area (Å²) in [7, 11) is 3.32. The third-order valence-electron chi connectivity index (χ3n) is 1.98. The number of nitrogen functional groups attached to an aromatic ring is 1. The minimum Gasteiger partial charge on any atom is -0.399 e. The fourth-order valence-electron chi connectivity index (χ4n) is 1.27. The molecule has 0 heterocycles. The molecule has 0 bridgehead atoms. The first-order valence-electron chi connectivity index (χ1n) is 4.87. The standard InChI is InChI=1S/C11H11F3N4/c1-18(2)6-17-10-4-7(16)3-9(8(10)5-15)11(12,13)14/h3-4,6H,16H2,1-2H3. The first kappa shape index (κ1) is 13.8. The van der Waals surface area contributed by atoms with Crippen molar-refractivity contribution in [1.29, 1.82) is 5.26 Å². The molecule has 0 aliphatic carbocycles. The molecule has 0 fully saturated rings. The molecule has 0 aliphatic rings. The lowest BCUT2D eigenvalue weighted by atomic mass is 10.0. The second-order valence-corrected chi connectivity index (χ2v) is 3.78. The summed E-state index contributed by atoms with van der Waals surface area (Å²) in [5.74, 6) is 0. The first-order valence-corrected chi connectivity index (χ1v) is 4.87. The number of hydrogen-bond acceptors (Lipinski definition) is 3. The van der Waals surface area contributed by atoms with Crippen molar-refractivity contribution < 1.29 is 13.2 Å². The van der Waals surface area contributed by atoms with E-state index < -0.39 is 17.3 Å². The normalized spacial score (nSPS) is 11.6. The molecule has 0 saturated heterocycles. The van der Waals surface area contributed by atoms with Crippen LogP contribution in [0.2, 0.25) is 0 Å². The van der Waals surface area contributed by atoms with E-state index in [-0.39, 0.29) is 11.4 Å². The number of hydrogen-bond donors (Lipinski definition) is 1. The highest BCUT2D eigenvalue weighted by Gasteiger charge is 2.35. The highest BCUT2D eigenvalue weighted by molar-refractivity contribution is 5.70. The quantitative estimate of drug-likeness (QED) is 0.502. The van der Waals surface area contributed by atoms with Gasteiger partial charge in [-0.15, -0.1) is 0 Å². The van der Waals surface area contributed by atoms with Gasteiger partial charge in [0.15, 0.2) is 0 Å². The van der Waals surface area contributed by atoms with Gasteiger partial charge in [-0.05, 0) is 12.1 Å². The fourth-order valence-corrected chi connectivity index (χ4v) is 1.27. The number of rotatable bonds is 2. The van der Waals surface area contributed by atoms with Crippen molar-refractivity contribution in [3.63, 3.8) is 0 Å². The van der Waals surface area contributed by atoms with Crippen molar-refractivity contribution in [2.24, 2.45) is 4.99 Å². The van der Waals surface area contributed by atoms with Crippen LogP contribution in [0.4, 0.5) is 24.5 Å². The van der Waals surface area contributed by atoms with Gasteiger partial charge < -0.3 is 10.6 Å². The van der Waals surface area contributed by atoms with Gasteiger partial charge in [-0.3, -0.25) is 0 Å². The molecule has 0 spiro atoms. The second kappa shape index (κ2) is 4.96. The lowest BCUT2D eigenvalue weighted by molar-refractivity contribution is -0.137. The summed E-state index contributed by atoms with van der Waals surface area (Å²) in [5.41, 5.74) is 3.59. The van der Waals surface area contributed by atoms with Crippen LogP contribution >= 0.6 is 0 Å². The number of benzene rings is 1. The van der Waals surface area contributed by atoms with Crippen LogP contribution in [-0.2, 0) is 6.18 Å². The number of halogens is 3. The van der Waals surface area contributed by atoms with Gasteiger partial charge in [0.1, 0.15) is 6.07 Å². The molecule has 0 aliphatic heterocycles. The molecule has 0 saturated carbocycles. The molecular weight excluding hydrogens is 245 g/mol. The Hall–Kier alpha value is -2.23. The zero-order chi connectivity index (χ0) is 13.9. The average Bonchev–Trinajstić information content (AvgIpc) is 2.24. The maximum atomic E-state index is 12.7. The molecular formula is C11H11F3N4. The first-order chi connectivity index (χ1) is 8.25. The molecule has 0 unspecified atom stereocenters. The topological polar surface area (TPSA) is 65.4 Å². The van der Waals surface area contributed by atoms with Gasteiger partial charge in [-0.2, -0.15) is 18.4 Å². The Balaban J connectivity index is 3.45. The summed E-state index contributed by atoms with van der Waals surface area (Å²) < 4.78 is 38.2. The molecule has 4 nitrogen and oxygen atoms in total. The summed E-state index contributed by atoms with van der Waals surface area (Å²) >= 11 is 0. The van der Waals surface area contributed by atoms with Crippen LogP contribution in [0, 0.1) is 11.3 Å². The molecule has 0 amide bonds. The fraction of sp³-hybridized carbons (Fsp3) is 0.273. The number of nitrogens with zero attached hydrogens (tertiary/aromatic N) is 3. The molecule has 1 aromatic rings. The van der Waals surface area contributed by atoms with E-state index >= 15 is 0 Å². The predicted octanol–water partition coefficient (Wildman–Crippen LogP) is 2.38. The lowest BCUT2D eigenvalue weighted by Gasteiger charge is -2.12. The van der Waals surface area contributed by atoms with Gasteiger partial charge >= 0.3 is 6.18 Å².